The van der Waals surface area contributed by atoms with Crippen molar-refractivity contribution < 1.29 is 4.39 Å². The molecule has 0 radical (unpaired) electrons. The van der Waals surface area contributed by atoms with Gasteiger partial charge in [0.05, 0.1) is 16.8 Å². The first-order chi connectivity index (χ1) is 9.11. The molecular formula is C13H12Cl2FN3. The first kappa shape index (κ1) is 14.2. The minimum Gasteiger partial charge on any atom is -0.271 e. The summed E-state index contributed by atoms with van der Waals surface area (Å²) in [5.41, 5.74) is 3.63. The Hall–Kier alpha value is -1.20. The van der Waals surface area contributed by atoms with Crippen LogP contribution in [0.25, 0.3) is 0 Å². The average Bonchev–Trinajstić information content (AvgIpc) is 2.41. The molecular weight excluding hydrogens is 288 g/mol. The van der Waals surface area contributed by atoms with Gasteiger partial charge in [0.2, 0.25) is 0 Å². The standard InChI is InChI=1S/C13H12Cl2FN3/c14-9-3-4-11(16)8(6-9)7-12(19-17)13-10(15)2-1-5-18-13/h1-6,12,19H,7,17H2. The normalized spacial score (nSPS) is 12.4. The molecule has 0 fully saturated rings. The number of pyridine rings is 1. The molecule has 3 N–H and O–H groups in total. The minimum absolute atomic E-state index is 0.305. The molecule has 0 aliphatic carbocycles. The van der Waals surface area contributed by atoms with E-state index in [1.54, 1.807) is 24.4 Å². The van der Waals surface area contributed by atoms with Gasteiger partial charge in [-0.2, -0.15) is 0 Å². The molecule has 0 aliphatic heterocycles. The lowest BCUT2D eigenvalue weighted by Crippen LogP contribution is -2.30. The lowest BCUT2D eigenvalue weighted by Gasteiger charge is -2.17. The molecule has 0 spiro atoms. The molecule has 100 valence electrons. The number of nitrogens with one attached hydrogen (secondary N) is 1. The van der Waals surface area contributed by atoms with Crippen LogP contribution in [0.3, 0.4) is 0 Å². The summed E-state index contributed by atoms with van der Waals surface area (Å²) in [4.78, 5) is 4.17. The van der Waals surface area contributed by atoms with Gasteiger partial charge in [-0.15, -0.1) is 0 Å². The predicted octanol–water partition coefficient (Wildman–Crippen LogP) is 3.27. The third-order valence-electron chi connectivity index (χ3n) is 2.75. The topological polar surface area (TPSA) is 50.9 Å². The van der Waals surface area contributed by atoms with Crippen molar-refractivity contribution in [2.75, 3.05) is 0 Å². The second kappa shape index (κ2) is 6.30. The summed E-state index contributed by atoms with van der Waals surface area (Å²) in [5, 5.41) is 0.951. The van der Waals surface area contributed by atoms with Gasteiger partial charge in [-0.05, 0) is 42.3 Å². The number of benzene rings is 1. The molecule has 1 heterocycles. The zero-order chi connectivity index (χ0) is 13.8. The average molecular weight is 300 g/mol. The Kier molecular flexibility index (Phi) is 4.71. The fourth-order valence-corrected chi connectivity index (χ4v) is 2.26. The van der Waals surface area contributed by atoms with E-state index in [4.69, 9.17) is 29.0 Å². The van der Waals surface area contributed by atoms with E-state index in [9.17, 15) is 4.39 Å². The predicted molar refractivity (Wildman–Crippen MR) is 74.4 cm³/mol. The fraction of sp³-hybridized carbons (Fsp3) is 0.154. The van der Waals surface area contributed by atoms with Gasteiger partial charge in [0.15, 0.2) is 0 Å². The van der Waals surface area contributed by atoms with Gasteiger partial charge < -0.3 is 0 Å². The molecule has 0 amide bonds. The van der Waals surface area contributed by atoms with E-state index in [2.05, 4.69) is 10.4 Å². The molecule has 0 bridgehead atoms. The highest BCUT2D eigenvalue weighted by Gasteiger charge is 2.17. The van der Waals surface area contributed by atoms with E-state index in [1.807, 2.05) is 0 Å². The Morgan fingerprint density at radius 1 is 1.32 bits per heavy atom. The maximum absolute atomic E-state index is 13.7. The van der Waals surface area contributed by atoms with Crippen LogP contribution in [-0.2, 0) is 6.42 Å². The molecule has 1 aromatic heterocycles. The Balaban J connectivity index is 2.29. The molecule has 0 aliphatic rings. The molecule has 1 aromatic carbocycles. The van der Waals surface area contributed by atoms with Crippen LogP contribution in [0.5, 0.6) is 0 Å². The summed E-state index contributed by atoms with van der Waals surface area (Å²) in [7, 11) is 0. The molecule has 6 heteroatoms. The maximum atomic E-state index is 13.7. The molecule has 2 rings (SSSR count). The molecule has 3 nitrogen and oxygen atoms in total. The third kappa shape index (κ3) is 3.42. The van der Waals surface area contributed by atoms with Crippen LogP contribution in [0.4, 0.5) is 4.39 Å². The largest absolute Gasteiger partial charge is 0.271 e. The summed E-state index contributed by atoms with van der Waals surface area (Å²) in [6.45, 7) is 0. The summed E-state index contributed by atoms with van der Waals surface area (Å²) in [6, 6.07) is 7.44. The van der Waals surface area contributed by atoms with E-state index in [1.165, 1.54) is 12.1 Å². The van der Waals surface area contributed by atoms with E-state index >= 15 is 0 Å². The van der Waals surface area contributed by atoms with Crippen LogP contribution in [0.1, 0.15) is 17.3 Å². The van der Waals surface area contributed by atoms with Gasteiger partial charge in [0.25, 0.3) is 0 Å². The highest BCUT2D eigenvalue weighted by Crippen LogP contribution is 2.25. The SMILES string of the molecule is NNC(Cc1cc(Cl)ccc1F)c1ncccc1Cl. The smallest absolute Gasteiger partial charge is 0.126 e. The lowest BCUT2D eigenvalue weighted by molar-refractivity contribution is 0.519. The third-order valence-corrected chi connectivity index (χ3v) is 3.30. The van der Waals surface area contributed by atoms with Gasteiger partial charge in [-0.1, -0.05) is 23.2 Å². The Morgan fingerprint density at radius 3 is 2.79 bits per heavy atom. The highest BCUT2D eigenvalue weighted by molar-refractivity contribution is 6.31. The van der Waals surface area contributed by atoms with Crippen molar-refractivity contribution in [2.24, 2.45) is 5.84 Å². The summed E-state index contributed by atoms with van der Waals surface area (Å²) in [5.74, 6) is 5.17. The van der Waals surface area contributed by atoms with Gasteiger partial charge in [0, 0.05) is 11.2 Å². The van der Waals surface area contributed by atoms with Crippen LogP contribution >= 0.6 is 23.2 Å². The van der Waals surface area contributed by atoms with Crippen LogP contribution in [0.2, 0.25) is 10.0 Å². The number of nitrogens with two attached hydrogens (primary N) is 1. The fourth-order valence-electron chi connectivity index (χ4n) is 1.81. The maximum Gasteiger partial charge on any atom is 0.126 e. The zero-order valence-electron chi connectivity index (χ0n) is 9.91. The van der Waals surface area contributed by atoms with Gasteiger partial charge >= 0.3 is 0 Å². The van der Waals surface area contributed by atoms with Crippen molar-refractivity contribution in [3.05, 3.63) is 63.6 Å². The molecule has 0 saturated carbocycles. The quantitative estimate of drug-likeness (QED) is 0.673. The number of hydrogen-bond donors (Lipinski definition) is 2. The van der Waals surface area contributed by atoms with E-state index < -0.39 is 0 Å². The monoisotopic (exact) mass is 299 g/mol. The van der Waals surface area contributed by atoms with Gasteiger partial charge in [0.1, 0.15) is 5.82 Å². The van der Waals surface area contributed by atoms with Gasteiger partial charge in [-0.3, -0.25) is 16.3 Å². The summed E-state index contributed by atoms with van der Waals surface area (Å²) < 4.78 is 13.7. The summed E-state index contributed by atoms with van der Waals surface area (Å²) >= 11 is 11.9. The number of halogens is 3. The van der Waals surface area contributed by atoms with Crippen molar-refractivity contribution >= 4 is 23.2 Å². The first-order valence-electron chi connectivity index (χ1n) is 5.62. The Morgan fingerprint density at radius 2 is 2.11 bits per heavy atom. The Labute approximate surface area is 120 Å². The molecule has 19 heavy (non-hydrogen) atoms. The number of nitrogens with zero attached hydrogens (tertiary/aromatic N) is 1. The molecule has 1 atom stereocenters. The van der Waals surface area contributed by atoms with Crippen molar-refractivity contribution in [3.63, 3.8) is 0 Å². The van der Waals surface area contributed by atoms with Crippen LogP contribution in [-0.4, -0.2) is 4.98 Å². The number of hydrogen-bond acceptors (Lipinski definition) is 3. The van der Waals surface area contributed by atoms with E-state index in [-0.39, 0.29) is 11.9 Å². The minimum atomic E-state index is -0.387. The van der Waals surface area contributed by atoms with Crippen molar-refractivity contribution in [3.8, 4) is 0 Å². The van der Waals surface area contributed by atoms with Crippen LogP contribution < -0.4 is 11.3 Å². The number of rotatable bonds is 4. The van der Waals surface area contributed by atoms with Crippen LogP contribution in [0, 0.1) is 5.82 Å². The van der Waals surface area contributed by atoms with E-state index in [0.717, 1.165) is 0 Å². The lowest BCUT2D eigenvalue weighted by atomic mass is 10.0. The number of hydrazine groups is 1. The summed E-state index contributed by atoms with van der Waals surface area (Å²) in [6.07, 6.45) is 1.92. The van der Waals surface area contributed by atoms with Crippen LogP contribution in [0.15, 0.2) is 36.5 Å². The number of aromatic nitrogens is 1. The van der Waals surface area contributed by atoms with Crippen molar-refractivity contribution in [1.82, 2.24) is 10.4 Å². The second-order valence-corrected chi connectivity index (χ2v) is 4.87. The second-order valence-electron chi connectivity index (χ2n) is 4.03. The van der Waals surface area contributed by atoms with Crippen molar-refractivity contribution in [2.45, 2.75) is 12.5 Å². The van der Waals surface area contributed by atoms with Crippen molar-refractivity contribution in [1.29, 1.82) is 0 Å². The molecule has 2 aromatic rings. The molecule has 0 saturated heterocycles. The zero-order valence-corrected chi connectivity index (χ0v) is 11.4. The van der Waals surface area contributed by atoms with Gasteiger partial charge in [-0.25, -0.2) is 4.39 Å². The highest BCUT2D eigenvalue weighted by atomic mass is 35.5. The Bertz CT molecular complexity index is 578. The first-order valence-corrected chi connectivity index (χ1v) is 6.38. The van der Waals surface area contributed by atoms with E-state index in [0.29, 0.717) is 27.7 Å². The molecule has 1 unspecified atom stereocenters.